The van der Waals surface area contributed by atoms with Crippen LogP contribution in [-0.2, 0) is 10.3 Å². The summed E-state index contributed by atoms with van der Waals surface area (Å²) in [6, 6.07) is 24.6. The molecule has 0 aliphatic heterocycles. The second-order valence-electron chi connectivity index (χ2n) is 9.06. The molecule has 1 aromatic heterocycles. The molecule has 7 heteroatoms. The normalized spacial score (nSPS) is 13.6. The van der Waals surface area contributed by atoms with Crippen LogP contribution in [0.1, 0.15) is 22.8 Å². The summed E-state index contributed by atoms with van der Waals surface area (Å²) in [6.45, 7) is 2.19. The molecule has 0 saturated carbocycles. The summed E-state index contributed by atoms with van der Waals surface area (Å²) in [7, 11) is 8.01. The highest BCUT2D eigenvalue weighted by atomic mass is 16.5. The van der Waals surface area contributed by atoms with E-state index in [2.05, 4.69) is 66.9 Å². The highest BCUT2D eigenvalue weighted by Crippen LogP contribution is 2.44. The van der Waals surface area contributed by atoms with Crippen LogP contribution >= 0.6 is 0 Å². The number of hydrogen-bond acceptors (Lipinski definition) is 3. The van der Waals surface area contributed by atoms with E-state index in [9.17, 15) is 4.79 Å². The van der Waals surface area contributed by atoms with Gasteiger partial charge in [0.25, 0.3) is 0 Å². The fourth-order valence-electron chi connectivity index (χ4n) is 4.18. The van der Waals surface area contributed by atoms with E-state index in [0.717, 1.165) is 16.5 Å². The van der Waals surface area contributed by atoms with E-state index in [1.54, 1.807) is 6.07 Å². The summed E-state index contributed by atoms with van der Waals surface area (Å²) in [5.41, 5.74) is 4.29. The number of methoxy groups -OCH3 is 1. The first-order valence-corrected chi connectivity index (χ1v) is 10.5. The first-order valence-electron chi connectivity index (χ1n) is 10.5. The van der Waals surface area contributed by atoms with Crippen LogP contribution in [-0.4, -0.2) is 46.4 Å². The Morgan fingerprint density at radius 1 is 0.903 bits per heavy atom. The smallest absolute Gasteiger partial charge is 0.340 e. The number of hydrogen-bond donors (Lipinski definition) is 0. The zero-order valence-electron chi connectivity index (χ0n) is 18.7. The van der Waals surface area contributed by atoms with Gasteiger partial charge in [0.1, 0.15) is 0 Å². The van der Waals surface area contributed by atoms with Gasteiger partial charge in [-0.2, -0.15) is 5.10 Å². The number of esters is 1. The van der Waals surface area contributed by atoms with Crippen molar-refractivity contribution >= 4 is 40.4 Å². The van der Waals surface area contributed by atoms with Gasteiger partial charge in [0, 0.05) is 5.39 Å². The molecular weight excluding hydrogens is 381 g/mol. The van der Waals surface area contributed by atoms with Crippen molar-refractivity contribution in [3.63, 3.8) is 0 Å². The Balaban J connectivity index is 1.92. The number of fused-ring (bicyclic) bond motifs is 1. The molecule has 0 aliphatic carbocycles. The first kappa shape index (κ1) is 21.0. The molecule has 0 amide bonds. The van der Waals surface area contributed by atoms with E-state index in [-0.39, 0.29) is 11.1 Å². The van der Waals surface area contributed by atoms with Crippen LogP contribution in [0.3, 0.4) is 0 Å². The molecule has 0 radical (unpaired) electrons. The van der Waals surface area contributed by atoms with Crippen LogP contribution in [0.5, 0.6) is 0 Å². The lowest BCUT2D eigenvalue weighted by molar-refractivity contribution is 0.0602. The molecule has 4 rings (SSSR count). The van der Waals surface area contributed by atoms with Gasteiger partial charge in [0.15, 0.2) is 0 Å². The molecule has 0 aliphatic rings. The van der Waals surface area contributed by atoms with Crippen molar-refractivity contribution in [3.05, 3.63) is 90.1 Å². The van der Waals surface area contributed by atoms with Gasteiger partial charge in [-0.1, -0.05) is 71.8 Å². The number of benzene rings is 3. The van der Waals surface area contributed by atoms with E-state index in [0.29, 0.717) is 5.56 Å². The average molecular weight is 406 g/mol. The van der Waals surface area contributed by atoms with Gasteiger partial charge in [0.05, 0.1) is 53.5 Å². The standard InChI is InChI=1S/C24H25B3N2O2/c1-23(24(25,26)27,19-13-11-17(12-14-19)16-7-4-3-5-8-16)29-21-18(15-28-29)9-6-10-20(21)22(30)31-2/h3-15H,25-27H2,1-2H3. The van der Waals surface area contributed by atoms with Crippen molar-refractivity contribution in [1.29, 1.82) is 0 Å². The summed E-state index contributed by atoms with van der Waals surface area (Å²) < 4.78 is 7.05. The number of nitrogens with zero attached hydrogens (tertiary/aromatic N) is 2. The minimum absolute atomic E-state index is 0.191. The lowest BCUT2D eigenvalue weighted by Crippen LogP contribution is -2.46. The van der Waals surface area contributed by atoms with Gasteiger partial charge < -0.3 is 4.74 Å². The molecule has 0 saturated heterocycles. The molecule has 0 fully saturated rings. The first-order chi connectivity index (χ1) is 14.8. The Morgan fingerprint density at radius 2 is 1.55 bits per heavy atom. The Kier molecular flexibility index (Phi) is 5.30. The molecule has 4 nitrogen and oxygen atoms in total. The van der Waals surface area contributed by atoms with E-state index < -0.39 is 5.54 Å². The molecule has 31 heavy (non-hydrogen) atoms. The fourth-order valence-corrected chi connectivity index (χ4v) is 4.18. The molecule has 3 aromatic carbocycles. The van der Waals surface area contributed by atoms with Crippen molar-refractivity contribution in [1.82, 2.24) is 9.78 Å². The zero-order chi connectivity index (χ0) is 22.2. The van der Waals surface area contributed by atoms with Crippen molar-refractivity contribution in [2.24, 2.45) is 0 Å². The van der Waals surface area contributed by atoms with Crippen LogP contribution in [0.4, 0.5) is 0 Å². The lowest BCUT2D eigenvalue weighted by Gasteiger charge is -2.44. The SMILES string of the molecule is BC(B)(B)C(C)(c1ccc(-c2ccccc2)cc1)n1ncc2cccc(C(=O)OC)c21. The topological polar surface area (TPSA) is 44.1 Å². The minimum Gasteiger partial charge on any atom is -0.465 e. The number of aromatic nitrogens is 2. The Bertz CT molecular complexity index is 1230. The molecule has 1 unspecified atom stereocenters. The van der Waals surface area contributed by atoms with Gasteiger partial charge in [-0.3, -0.25) is 4.68 Å². The number of ether oxygens (including phenoxy) is 1. The monoisotopic (exact) mass is 406 g/mol. The molecule has 0 spiro atoms. The maximum Gasteiger partial charge on any atom is 0.340 e. The lowest BCUT2D eigenvalue weighted by atomic mass is 9.34. The van der Waals surface area contributed by atoms with Gasteiger partial charge in [-0.05, 0) is 29.7 Å². The summed E-state index contributed by atoms with van der Waals surface area (Å²) in [5, 5.41) is 5.50. The van der Waals surface area contributed by atoms with Gasteiger partial charge in [-0.25, -0.2) is 4.79 Å². The summed E-state index contributed by atoms with van der Waals surface area (Å²) >= 11 is 0. The van der Waals surface area contributed by atoms with Crippen LogP contribution < -0.4 is 0 Å². The summed E-state index contributed by atoms with van der Waals surface area (Å²) in [4.78, 5) is 12.5. The van der Waals surface area contributed by atoms with Gasteiger partial charge in [-0.15, -0.1) is 0 Å². The molecular formula is C24H25B3N2O2. The Hall–Kier alpha value is -3.21. The highest BCUT2D eigenvalue weighted by molar-refractivity contribution is 6.60. The number of carbonyl (C=O) groups is 1. The molecule has 4 aromatic rings. The highest BCUT2D eigenvalue weighted by Gasteiger charge is 2.42. The quantitative estimate of drug-likeness (QED) is 0.378. The van der Waals surface area contributed by atoms with Gasteiger partial charge >= 0.3 is 5.97 Å². The van der Waals surface area contributed by atoms with E-state index in [4.69, 9.17) is 9.84 Å². The summed E-state index contributed by atoms with van der Waals surface area (Å²) in [5.74, 6) is -0.358. The molecule has 1 heterocycles. The Labute approximate surface area is 185 Å². The largest absolute Gasteiger partial charge is 0.465 e. The third-order valence-corrected chi connectivity index (χ3v) is 6.43. The number of carbonyl (C=O) groups excluding carboxylic acids is 1. The minimum atomic E-state index is -0.506. The zero-order valence-corrected chi connectivity index (χ0v) is 18.7. The average Bonchev–Trinajstić information content (AvgIpc) is 3.22. The number of rotatable bonds is 5. The van der Waals surface area contributed by atoms with Crippen molar-refractivity contribution in [2.75, 3.05) is 7.11 Å². The van der Waals surface area contributed by atoms with E-state index in [1.165, 1.54) is 18.2 Å². The third-order valence-electron chi connectivity index (χ3n) is 6.43. The van der Waals surface area contributed by atoms with Crippen LogP contribution in [0.2, 0.25) is 5.11 Å². The number of para-hydroxylation sites is 1. The third kappa shape index (κ3) is 3.48. The van der Waals surface area contributed by atoms with Crippen molar-refractivity contribution in [2.45, 2.75) is 17.6 Å². The second kappa shape index (κ2) is 7.80. The molecule has 152 valence electrons. The van der Waals surface area contributed by atoms with Gasteiger partial charge in [0.2, 0.25) is 0 Å². The van der Waals surface area contributed by atoms with Crippen LogP contribution in [0.25, 0.3) is 22.0 Å². The Morgan fingerprint density at radius 3 is 2.16 bits per heavy atom. The molecule has 0 bridgehead atoms. The van der Waals surface area contributed by atoms with Crippen molar-refractivity contribution < 1.29 is 9.53 Å². The summed E-state index contributed by atoms with van der Waals surface area (Å²) in [6.07, 6.45) is 1.82. The molecule has 0 N–H and O–H groups in total. The second-order valence-corrected chi connectivity index (χ2v) is 9.06. The predicted octanol–water partition coefficient (Wildman–Crippen LogP) is 2.23. The maximum absolute atomic E-state index is 12.5. The molecule has 1 atom stereocenters. The van der Waals surface area contributed by atoms with Crippen LogP contribution in [0.15, 0.2) is 79.0 Å². The van der Waals surface area contributed by atoms with E-state index in [1.807, 2.05) is 41.2 Å². The van der Waals surface area contributed by atoms with Crippen LogP contribution in [0, 0.1) is 0 Å². The van der Waals surface area contributed by atoms with E-state index >= 15 is 0 Å². The predicted molar refractivity (Wildman–Crippen MR) is 134 cm³/mol. The maximum atomic E-state index is 12.5. The fraction of sp³-hybridized carbons (Fsp3) is 0.167. The van der Waals surface area contributed by atoms with Crippen molar-refractivity contribution in [3.8, 4) is 11.1 Å².